The maximum Gasteiger partial charge on any atom is 0.251 e. The van der Waals surface area contributed by atoms with Crippen molar-refractivity contribution in [1.29, 1.82) is 0 Å². The molecule has 0 aliphatic rings. The molecule has 0 saturated heterocycles. The van der Waals surface area contributed by atoms with Crippen LogP contribution in [0.15, 0.2) is 42.6 Å². The minimum Gasteiger partial charge on any atom is -0.352 e. The van der Waals surface area contributed by atoms with Gasteiger partial charge in [0, 0.05) is 31.1 Å². The molecule has 2 amide bonds. The SMILES string of the molecule is CC(C)Cn1nccc1NC(=O)CCNC(=O)c1ccccc1. The zero-order chi connectivity index (χ0) is 16.7. The second-order valence-electron chi connectivity index (χ2n) is 5.71. The van der Waals surface area contributed by atoms with Gasteiger partial charge in [-0.2, -0.15) is 5.10 Å². The highest BCUT2D eigenvalue weighted by atomic mass is 16.2. The van der Waals surface area contributed by atoms with E-state index in [1.54, 1.807) is 41.2 Å². The molecule has 1 aromatic carbocycles. The summed E-state index contributed by atoms with van der Waals surface area (Å²) in [6, 6.07) is 10.7. The lowest BCUT2D eigenvalue weighted by Crippen LogP contribution is -2.28. The van der Waals surface area contributed by atoms with Gasteiger partial charge in [0.05, 0.1) is 6.20 Å². The van der Waals surface area contributed by atoms with Crippen LogP contribution in [-0.4, -0.2) is 28.1 Å². The first-order valence-electron chi connectivity index (χ1n) is 7.71. The van der Waals surface area contributed by atoms with Crippen LogP contribution in [0.2, 0.25) is 0 Å². The Kier molecular flexibility index (Phi) is 5.91. The molecule has 0 fully saturated rings. The van der Waals surface area contributed by atoms with Crippen LogP contribution >= 0.6 is 0 Å². The summed E-state index contributed by atoms with van der Waals surface area (Å²) < 4.78 is 1.77. The van der Waals surface area contributed by atoms with Crippen molar-refractivity contribution in [3.05, 3.63) is 48.2 Å². The third-order valence-corrected chi connectivity index (χ3v) is 3.20. The topological polar surface area (TPSA) is 76.0 Å². The second kappa shape index (κ2) is 8.12. The van der Waals surface area contributed by atoms with E-state index >= 15 is 0 Å². The van der Waals surface area contributed by atoms with Crippen molar-refractivity contribution >= 4 is 17.6 Å². The fraction of sp³-hybridized carbons (Fsp3) is 0.353. The van der Waals surface area contributed by atoms with Crippen molar-refractivity contribution in [3.8, 4) is 0 Å². The summed E-state index contributed by atoms with van der Waals surface area (Å²) in [6.07, 6.45) is 1.88. The molecular weight excluding hydrogens is 292 g/mol. The number of hydrogen-bond donors (Lipinski definition) is 2. The molecule has 23 heavy (non-hydrogen) atoms. The number of carbonyl (C=O) groups excluding carboxylic acids is 2. The standard InChI is InChI=1S/C17H22N4O2/c1-13(2)12-21-15(8-11-19-21)20-16(22)9-10-18-17(23)14-6-4-3-5-7-14/h3-8,11,13H,9-10,12H2,1-2H3,(H,18,23)(H,20,22). The Morgan fingerprint density at radius 3 is 2.61 bits per heavy atom. The van der Waals surface area contributed by atoms with Crippen molar-refractivity contribution in [2.24, 2.45) is 5.92 Å². The molecule has 0 spiro atoms. The second-order valence-corrected chi connectivity index (χ2v) is 5.71. The summed E-state index contributed by atoms with van der Waals surface area (Å²) in [4.78, 5) is 23.8. The van der Waals surface area contributed by atoms with Crippen LogP contribution in [0, 0.1) is 5.92 Å². The van der Waals surface area contributed by atoms with E-state index in [0.29, 0.717) is 17.3 Å². The largest absolute Gasteiger partial charge is 0.352 e. The Hall–Kier alpha value is -2.63. The average molecular weight is 314 g/mol. The summed E-state index contributed by atoms with van der Waals surface area (Å²) in [7, 11) is 0. The summed E-state index contributed by atoms with van der Waals surface area (Å²) >= 11 is 0. The van der Waals surface area contributed by atoms with E-state index < -0.39 is 0 Å². The Balaban J connectivity index is 1.77. The normalized spacial score (nSPS) is 10.6. The van der Waals surface area contributed by atoms with Gasteiger partial charge >= 0.3 is 0 Å². The van der Waals surface area contributed by atoms with Crippen LogP contribution < -0.4 is 10.6 Å². The molecule has 6 nitrogen and oxygen atoms in total. The third kappa shape index (κ3) is 5.25. The predicted molar refractivity (Wildman–Crippen MR) is 89.1 cm³/mol. The van der Waals surface area contributed by atoms with Gasteiger partial charge in [0.2, 0.25) is 5.91 Å². The Morgan fingerprint density at radius 2 is 1.91 bits per heavy atom. The first-order valence-corrected chi connectivity index (χ1v) is 7.71. The molecule has 0 aliphatic heterocycles. The van der Waals surface area contributed by atoms with Crippen LogP contribution in [0.3, 0.4) is 0 Å². The fourth-order valence-corrected chi connectivity index (χ4v) is 2.12. The summed E-state index contributed by atoms with van der Waals surface area (Å²) in [5.74, 6) is 0.793. The van der Waals surface area contributed by atoms with E-state index in [2.05, 4.69) is 29.6 Å². The molecule has 2 rings (SSSR count). The summed E-state index contributed by atoms with van der Waals surface area (Å²) in [5, 5.41) is 9.74. The van der Waals surface area contributed by atoms with Gasteiger partial charge in [-0.05, 0) is 18.1 Å². The van der Waals surface area contributed by atoms with Gasteiger partial charge in [0.15, 0.2) is 0 Å². The number of amides is 2. The minimum atomic E-state index is -0.178. The number of hydrogen-bond acceptors (Lipinski definition) is 3. The van der Waals surface area contributed by atoms with Gasteiger partial charge in [-0.25, -0.2) is 4.68 Å². The van der Waals surface area contributed by atoms with E-state index in [0.717, 1.165) is 6.54 Å². The molecule has 0 bridgehead atoms. The van der Waals surface area contributed by atoms with Crippen molar-refractivity contribution in [3.63, 3.8) is 0 Å². The van der Waals surface area contributed by atoms with Gasteiger partial charge in [-0.1, -0.05) is 32.0 Å². The fourth-order valence-electron chi connectivity index (χ4n) is 2.12. The number of nitrogens with one attached hydrogen (secondary N) is 2. The summed E-state index contributed by atoms with van der Waals surface area (Å²) in [6.45, 7) is 5.21. The molecule has 122 valence electrons. The Bertz CT molecular complexity index is 650. The van der Waals surface area contributed by atoms with E-state index in [1.807, 2.05) is 6.07 Å². The number of nitrogens with zero attached hydrogens (tertiary/aromatic N) is 2. The highest BCUT2D eigenvalue weighted by Crippen LogP contribution is 2.09. The van der Waals surface area contributed by atoms with Crippen LogP contribution in [0.1, 0.15) is 30.6 Å². The summed E-state index contributed by atoms with van der Waals surface area (Å²) in [5.41, 5.74) is 0.586. The molecule has 1 aromatic heterocycles. The number of benzene rings is 1. The molecule has 6 heteroatoms. The lowest BCUT2D eigenvalue weighted by atomic mass is 10.2. The number of carbonyl (C=O) groups is 2. The zero-order valence-corrected chi connectivity index (χ0v) is 13.5. The first kappa shape index (κ1) is 16.7. The average Bonchev–Trinajstić information content (AvgIpc) is 2.94. The lowest BCUT2D eigenvalue weighted by molar-refractivity contribution is -0.116. The zero-order valence-electron chi connectivity index (χ0n) is 13.5. The quantitative estimate of drug-likeness (QED) is 0.823. The highest BCUT2D eigenvalue weighted by molar-refractivity contribution is 5.95. The Labute approximate surface area is 135 Å². The molecule has 1 heterocycles. The molecule has 0 atom stereocenters. The maximum atomic E-state index is 12.0. The highest BCUT2D eigenvalue weighted by Gasteiger charge is 2.09. The van der Waals surface area contributed by atoms with Gasteiger partial charge in [-0.15, -0.1) is 0 Å². The smallest absolute Gasteiger partial charge is 0.251 e. The van der Waals surface area contributed by atoms with Crippen molar-refractivity contribution in [2.45, 2.75) is 26.8 Å². The number of aromatic nitrogens is 2. The maximum absolute atomic E-state index is 12.0. The molecule has 2 aromatic rings. The van der Waals surface area contributed by atoms with E-state index in [-0.39, 0.29) is 24.8 Å². The Morgan fingerprint density at radius 1 is 1.17 bits per heavy atom. The van der Waals surface area contributed by atoms with E-state index in [1.165, 1.54) is 0 Å². The van der Waals surface area contributed by atoms with Crippen molar-refractivity contribution < 1.29 is 9.59 Å². The molecule has 2 N–H and O–H groups in total. The first-order chi connectivity index (χ1) is 11.1. The molecule has 0 saturated carbocycles. The van der Waals surface area contributed by atoms with Gasteiger partial charge in [-0.3, -0.25) is 9.59 Å². The number of anilines is 1. The van der Waals surface area contributed by atoms with Gasteiger partial charge in [0.25, 0.3) is 5.91 Å². The van der Waals surface area contributed by atoms with Crippen LogP contribution in [0.25, 0.3) is 0 Å². The van der Waals surface area contributed by atoms with Gasteiger partial charge < -0.3 is 10.6 Å². The predicted octanol–water partition coefficient (Wildman–Crippen LogP) is 2.30. The molecule has 0 unspecified atom stereocenters. The van der Waals surface area contributed by atoms with E-state index in [4.69, 9.17) is 0 Å². The molecular formula is C17H22N4O2. The molecule has 0 radical (unpaired) electrons. The molecule has 0 aliphatic carbocycles. The minimum absolute atomic E-state index is 0.149. The third-order valence-electron chi connectivity index (χ3n) is 3.20. The van der Waals surface area contributed by atoms with Crippen LogP contribution in [0.5, 0.6) is 0 Å². The van der Waals surface area contributed by atoms with E-state index in [9.17, 15) is 9.59 Å². The van der Waals surface area contributed by atoms with Crippen molar-refractivity contribution in [2.75, 3.05) is 11.9 Å². The van der Waals surface area contributed by atoms with Crippen LogP contribution in [-0.2, 0) is 11.3 Å². The van der Waals surface area contributed by atoms with Gasteiger partial charge in [0.1, 0.15) is 5.82 Å². The number of rotatable bonds is 7. The monoisotopic (exact) mass is 314 g/mol. The van der Waals surface area contributed by atoms with Crippen LogP contribution in [0.4, 0.5) is 5.82 Å². The van der Waals surface area contributed by atoms with Crippen molar-refractivity contribution in [1.82, 2.24) is 15.1 Å². The lowest BCUT2D eigenvalue weighted by Gasteiger charge is -2.11.